The number of anilines is 1. The van der Waals surface area contributed by atoms with Gasteiger partial charge in [-0.2, -0.15) is 0 Å². The lowest BCUT2D eigenvalue weighted by Gasteiger charge is -2.11. The van der Waals surface area contributed by atoms with E-state index in [0.29, 0.717) is 17.4 Å². The van der Waals surface area contributed by atoms with E-state index in [0.717, 1.165) is 11.8 Å². The van der Waals surface area contributed by atoms with Crippen LogP contribution in [0.4, 0.5) is 18.9 Å². The summed E-state index contributed by atoms with van der Waals surface area (Å²) in [6.07, 6.45) is 1.65. The predicted octanol–water partition coefficient (Wildman–Crippen LogP) is 4.06. The van der Waals surface area contributed by atoms with Gasteiger partial charge in [0, 0.05) is 5.69 Å². The van der Waals surface area contributed by atoms with Gasteiger partial charge in [-0.25, -0.2) is 17.9 Å². The first-order valence-corrected chi connectivity index (χ1v) is 7.84. The minimum atomic E-state index is -1.68. The Hall–Kier alpha value is -3.16. The molecule has 8 heteroatoms. The molecule has 26 heavy (non-hydrogen) atoms. The van der Waals surface area contributed by atoms with Crippen molar-refractivity contribution in [3.63, 3.8) is 0 Å². The van der Waals surface area contributed by atoms with Gasteiger partial charge in [0.25, 0.3) is 5.91 Å². The quantitative estimate of drug-likeness (QED) is 0.714. The Morgan fingerprint density at radius 3 is 2.62 bits per heavy atom. The van der Waals surface area contributed by atoms with Gasteiger partial charge in [0.15, 0.2) is 17.5 Å². The van der Waals surface area contributed by atoms with Crippen LogP contribution in [0.2, 0.25) is 0 Å². The molecule has 3 aromatic rings. The third-order valence-electron chi connectivity index (χ3n) is 3.80. The number of carbonyl (C=O) groups is 1. The lowest BCUT2D eigenvalue weighted by Crippen LogP contribution is -2.15. The van der Waals surface area contributed by atoms with E-state index in [1.807, 2.05) is 13.8 Å². The van der Waals surface area contributed by atoms with Crippen molar-refractivity contribution in [1.29, 1.82) is 0 Å². The highest BCUT2D eigenvalue weighted by atomic mass is 19.2. The second-order valence-corrected chi connectivity index (χ2v) is 5.95. The van der Waals surface area contributed by atoms with Crippen LogP contribution in [0.25, 0.3) is 5.69 Å². The van der Waals surface area contributed by atoms with Crippen LogP contribution in [0, 0.1) is 17.5 Å². The number of nitrogens with zero attached hydrogens (tertiary/aromatic N) is 3. The number of carbonyl (C=O) groups excluding carboxylic acids is 1. The van der Waals surface area contributed by atoms with Crippen molar-refractivity contribution in [1.82, 2.24) is 15.0 Å². The van der Waals surface area contributed by atoms with Crippen molar-refractivity contribution >= 4 is 11.6 Å². The topological polar surface area (TPSA) is 59.8 Å². The summed E-state index contributed by atoms with van der Waals surface area (Å²) in [5, 5.41) is 10.4. The zero-order chi connectivity index (χ0) is 18.8. The normalized spacial score (nSPS) is 11.0. The molecule has 0 aliphatic carbocycles. The highest BCUT2D eigenvalue weighted by Crippen LogP contribution is 2.21. The summed E-state index contributed by atoms with van der Waals surface area (Å²) in [4.78, 5) is 12.2. The van der Waals surface area contributed by atoms with Gasteiger partial charge in [-0.1, -0.05) is 25.1 Å². The second-order valence-electron chi connectivity index (χ2n) is 5.95. The Morgan fingerprint density at radius 1 is 1.12 bits per heavy atom. The number of nitrogens with one attached hydrogen (secondary N) is 1. The summed E-state index contributed by atoms with van der Waals surface area (Å²) >= 11 is 0. The van der Waals surface area contributed by atoms with Gasteiger partial charge in [-0.05, 0) is 36.2 Å². The van der Waals surface area contributed by atoms with Crippen LogP contribution in [-0.4, -0.2) is 20.9 Å². The number of benzene rings is 2. The second kappa shape index (κ2) is 6.99. The largest absolute Gasteiger partial charge is 0.322 e. The Balaban J connectivity index is 1.89. The highest BCUT2D eigenvalue weighted by Gasteiger charge is 2.19. The molecule has 2 aromatic carbocycles. The fraction of sp³-hybridized carbons (Fsp3) is 0.167. The van der Waals surface area contributed by atoms with Crippen LogP contribution >= 0.6 is 0 Å². The lowest BCUT2D eigenvalue weighted by atomic mass is 10.1. The summed E-state index contributed by atoms with van der Waals surface area (Å²) in [6.45, 7) is 3.99. The molecule has 0 bridgehead atoms. The van der Waals surface area contributed by atoms with Crippen LogP contribution in [0.3, 0.4) is 0 Å². The van der Waals surface area contributed by atoms with Gasteiger partial charge < -0.3 is 5.32 Å². The van der Waals surface area contributed by atoms with E-state index in [9.17, 15) is 18.0 Å². The molecule has 1 amide bonds. The smallest absolute Gasteiger partial charge is 0.258 e. The third-order valence-corrected chi connectivity index (χ3v) is 3.80. The Morgan fingerprint density at radius 2 is 1.88 bits per heavy atom. The SMILES string of the molecule is CC(C)c1cnnn1-c1cccc(NC(=O)c2ccc(F)c(F)c2F)c1. The van der Waals surface area contributed by atoms with Gasteiger partial charge >= 0.3 is 0 Å². The molecule has 0 aliphatic rings. The van der Waals surface area contributed by atoms with Crippen molar-refractivity contribution in [2.45, 2.75) is 19.8 Å². The third kappa shape index (κ3) is 3.30. The average Bonchev–Trinajstić information content (AvgIpc) is 3.10. The van der Waals surface area contributed by atoms with Gasteiger partial charge in [0.05, 0.1) is 23.1 Å². The number of amides is 1. The molecular formula is C18H15F3N4O. The predicted molar refractivity (Wildman–Crippen MR) is 89.7 cm³/mol. The van der Waals surface area contributed by atoms with E-state index < -0.39 is 28.9 Å². The molecule has 0 spiro atoms. The van der Waals surface area contributed by atoms with Crippen molar-refractivity contribution in [2.24, 2.45) is 0 Å². The Labute approximate surface area is 147 Å². The molecule has 3 rings (SSSR count). The molecule has 1 aromatic heterocycles. The minimum absolute atomic E-state index is 0.180. The lowest BCUT2D eigenvalue weighted by molar-refractivity contribution is 0.102. The van der Waals surface area contributed by atoms with E-state index in [1.165, 1.54) is 0 Å². The monoisotopic (exact) mass is 360 g/mol. The van der Waals surface area contributed by atoms with E-state index in [-0.39, 0.29) is 5.92 Å². The van der Waals surface area contributed by atoms with Crippen molar-refractivity contribution in [3.8, 4) is 5.69 Å². The van der Waals surface area contributed by atoms with E-state index in [4.69, 9.17) is 0 Å². The van der Waals surface area contributed by atoms with Crippen LogP contribution in [0.5, 0.6) is 0 Å². The summed E-state index contributed by atoms with van der Waals surface area (Å²) in [6, 6.07) is 8.25. The molecule has 1 N–H and O–H groups in total. The summed E-state index contributed by atoms with van der Waals surface area (Å²) < 4.78 is 41.7. The standard InChI is InChI=1S/C18H15F3N4O/c1-10(2)15-9-22-24-25(15)12-5-3-4-11(8-12)23-18(26)13-6-7-14(19)17(21)16(13)20/h3-10H,1-2H3,(H,23,26). The Bertz CT molecular complexity index is 969. The van der Waals surface area contributed by atoms with Crippen molar-refractivity contribution in [2.75, 3.05) is 5.32 Å². The Kier molecular flexibility index (Phi) is 4.75. The molecular weight excluding hydrogens is 345 g/mol. The highest BCUT2D eigenvalue weighted by molar-refractivity contribution is 6.04. The van der Waals surface area contributed by atoms with Crippen LogP contribution in [0.1, 0.15) is 35.8 Å². The summed E-state index contributed by atoms with van der Waals surface area (Å²) in [5.41, 5.74) is 1.29. The van der Waals surface area contributed by atoms with Gasteiger partial charge in [-0.3, -0.25) is 4.79 Å². The molecule has 0 saturated heterocycles. The van der Waals surface area contributed by atoms with Crippen molar-refractivity contribution in [3.05, 3.63) is 71.3 Å². The maximum absolute atomic E-state index is 13.8. The van der Waals surface area contributed by atoms with Crippen molar-refractivity contribution < 1.29 is 18.0 Å². The molecule has 5 nitrogen and oxygen atoms in total. The minimum Gasteiger partial charge on any atom is -0.322 e. The molecule has 0 radical (unpaired) electrons. The summed E-state index contributed by atoms with van der Waals surface area (Å²) in [5.74, 6) is -5.28. The maximum Gasteiger partial charge on any atom is 0.258 e. The van der Waals surface area contributed by atoms with Crippen LogP contribution < -0.4 is 5.32 Å². The van der Waals surface area contributed by atoms with Gasteiger partial charge in [-0.15, -0.1) is 5.10 Å². The van der Waals surface area contributed by atoms with E-state index in [2.05, 4.69) is 15.6 Å². The number of rotatable bonds is 4. The first-order chi connectivity index (χ1) is 12.4. The molecule has 0 atom stereocenters. The summed E-state index contributed by atoms with van der Waals surface area (Å²) in [7, 11) is 0. The van der Waals surface area contributed by atoms with E-state index >= 15 is 0 Å². The number of aromatic nitrogens is 3. The zero-order valence-corrected chi connectivity index (χ0v) is 14.0. The molecule has 134 valence electrons. The first-order valence-electron chi connectivity index (χ1n) is 7.84. The molecule has 0 saturated carbocycles. The fourth-order valence-electron chi connectivity index (χ4n) is 2.45. The number of halogens is 3. The molecule has 0 aliphatic heterocycles. The average molecular weight is 360 g/mol. The fourth-order valence-corrected chi connectivity index (χ4v) is 2.45. The molecule has 0 unspecified atom stereocenters. The molecule has 1 heterocycles. The van der Waals surface area contributed by atoms with Gasteiger partial charge in [0.2, 0.25) is 0 Å². The number of hydrogen-bond acceptors (Lipinski definition) is 3. The number of hydrogen-bond donors (Lipinski definition) is 1. The molecule has 0 fully saturated rings. The zero-order valence-electron chi connectivity index (χ0n) is 14.0. The van der Waals surface area contributed by atoms with Crippen LogP contribution in [0.15, 0.2) is 42.6 Å². The first kappa shape index (κ1) is 17.7. The van der Waals surface area contributed by atoms with E-state index in [1.54, 1.807) is 35.1 Å². The van der Waals surface area contributed by atoms with Crippen LogP contribution in [-0.2, 0) is 0 Å². The maximum atomic E-state index is 13.8. The van der Waals surface area contributed by atoms with Gasteiger partial charge in [0.1, 0.15) is 0 Å².